The van der Waals surface area contributed by atoms with E-state index in [1.165, 1.54) is 0 Å². The lowest BCUT2D eigenvalue weighted by Gasteiger charge is -2.29. The van der Waals surface area contributed by atoms with Crippen LogP contribution in [0.25, 0.3) is 0 Å². The van der Waals surface area contributed by atoms with Crippen LogP contribution in [0.15, 0.2) is 48.5 Å². The van der Waals surface area contributed by atoms with Gasteiger partial charge in [-0.15, -0.1) is 0 Å². The minimum Gasteiger partial charge on any atom is -0.483 e. The standard InChI is InChI=1S/C26H34N2O3/c1-19-13-14-24(20(2)17-19)31-18-25(29)28(16-15-22-9-5-4-6-10-22)21(3)26(30)27-23-11-7-8-12-23/h4-6,9-10,13-14,17,21,23H,7-8,11-12,15-16,18H2,1-3H3,(H,27,30). The van der Waals surface area contributed by atoms with Crippen LogP contribution in [0.2, 0.25) is 0 Å². The van der Waals surface area contributed by atoms with E-state index in [0.717, 1.165) is 42.4 Å². The maximum Gasteiger partial charge on any atom is 0.261 e. The fraction of sp³-hybridized carbons (Fsp3) is 0.462. The van der Waals surface area contributed by atoms with E-state index in [2.05, 4.69) is 5.32 Å². The second-order valence-corrected chi connectivity index (χ2v) is 8.55. The lowest BCUT2D eigenvalue weighted by molar-refractivity contribution is -0.141. The molecule has 1 N–H and O–H groups in total. The third kappa shape index (κ3) is 6.58. The zero-order chi connectivity index (χ0) is 22.2. The molecule has 1 unspecified atom stereocenters. The lowest BCUT2D eigenvalue weighted by atomic mass is 10.1. The Labute approximate surface area is 185 Å². The smallest absolute Gasteiger partial charge is 0.261 e. The molecule has 0 aliphatic heterocycles. The summed E-state index contributed by atoms with van der Waals surface area (Å²) in [6, 6.07) is 15.6. The quantitative estimate of drug-likeness (QED) is 0.659. The van der Waals surface area contributed by atoms with Gasteiger partial charge in [0.25, 0.3) is 5.91 Å². The summed E-state index contributed by atoms with van der Waals surface area (Å²) in [6.45, 7) is 6.19. The molecule has 1 atom stereocenters. The van der Waals surface area contributed by atoms with Crippen molar-refractivity contribution in [3.8, 4) is 5.75 Å². The van der Waals surface area contributed by atoms with Gasteiger partial charge < -0.3 is 15.0 Å². The van der Waals surface area contributed by atoms with Crippen LogP contribution in [-0.2, 0) is 16.0 Å². The van der Waals surface area contributed by atoms with Crippen molar-refractivity contribution in [1.29, 1.82) is 0 Å². The average Bonchev–Trinajstić information content (AvgIpc) is 3.27. The fourth-order valence-corrected chi connectivity index (χ4v) is 4.15. The van der Waals surface area contributed by atoms with Gasteiger partial charge in [-0.1, -0.05) is 60.9 Å². The number of hydrogen-bond donors (Lipinski definition) is 1. The molecule has 0 heterocycles. The monoisotopic (exact) mass is 422 g/mol. The molecule has 166 valence electrons. The van der Waals surface area contributed by atoms with E-state index >= 15 is 0 Å². The Bertz CT molecular complexity index is 875. The van der Waals surface area contributed by atoms with E-state index < -0.39 is 6.04 Å². The van der Waals surface area contributed by atoms with Crippen LogP contribution < -0.4 is 10.1 Å². The molecule has 0 bridgehead atoms. The van der Waals surface area contributed by atoms with Gasteiger partial charge in [-0.05, 0) is 57.2 Å². The Morgan fingerprint density at radius 3 is 2.48 bits per heavy atom. The highest BCUT2D eigenvalue weighted by atomic mass is 16.5. The van der Waals surface area contributed by atoms with Crippen LogP contribution in [0.4, 0.5) is 0 Å². The molecule has 0 radical (unpaired) electrons. The summed E-state index contributed by atoms with van der Waals surface area (Å²) >= 11 is 0. The van der Waals surface area contributed by atoms with Gasteiger partial charge in [0.15, 0.2) is 6.61 Å². The minimum atomic E-state index is -0.542. The first-order valence-electron chi connectivity index (χ1n) is 11.3. The molecule has 3 rings (SSSR count). The molecule has 5 heteroatoms. The summed E-state index contributed by atoms with van der Waals surface area (Å²) in [5.41, 5.74) is 3.28. The highest BCUT2D eigenvalue weighted by Crippen LogP contribution is 2.20. The first kappa shape index (κ1) is 22.9. The molecule has 0 saturated heterocycles. The van der Waals surface area contributed by atoms with Crippen molar-refractivity contribution >= 4 is 11.8 Å². The normalized spacial score (nSPS) is 14.8. The fourth-order valence-electron chi connectivity index (χ4n) is 4.15. The number of nitrogens with zero attached hydrogens (tertiary/aromatic N) is 1. The van der Waals surface area contributed by atoms with Crippen molar-refractivity contribution in [2.24, 2.45) is 0 Å². The third-order valence-electron chi connectivity index (χ3n) is 6.03. The first-order valence-corrected chi connectivity index (χ1v) is 11.3. The van der Waals surface area contributed by atoms with Crippen molar-refractivity contribution < 1.29 is 14.3 Å². The van der Waals surface area contributed by atoms with Gasteiger partial charge in [0, 0.05) is 12.6 Å². The summed E-state index contributed by atoms with van der Waals surface area (Å²) in [7, 11) is 0. The number of nitrogens with one attached hydrogen (secondary N) is 1. The SMILES string of the molecule is Cc1ccc(OCC(=O)N(CCc2ccccc2)C(C)C(=O)NC2CCCC2)c(C)c1. The minimum absolute atomic E-state index is 0.0835. The van der Waals surface area contributed by atoms with Crippen molar-refractivity contribution in [2.45, 2.75) is 65.0 Å². The molecule has 2 aromatic rings. The Kier molecular flexibility index (Phi) is 8.10. The first-order chi connectivity index (χ1) is 14.9. The molecule has 5 nitrogen and oxygen atoms in total. The maximum absolute atomic E-state index is 13.1. The molecule has 1 aliphatic rings. The second kappa shape index (κ2) is 11.0. The van der Waals surface area contributed by atoms with E-state index in [-0.39, 0.29) is 24.5 Å². The number of ether oxygens (including phenoxy) is 1. The Morgan fingerprint density at radius 2 is 1.81 bits per heavy atom. The van der Waals surface area contributed by atoms with Crippen LogP contribution in [0.5, 0.6) is 5.75 Å². The van der Waals surface area contributed by atoms with Gasteiger partial charge in [0.1, 0.15) is 11.8 Å². The summed E-state index contributed by atoms with van der Waals surface area (Å²) in [6.07, 6.45) is 5.04. The van der Waals surface area contributed by atoms with Crippen molar-refractivity contribution in [2.75, 3.05) is 13.2 Å². The maximum atomic E-state index is 13.1. The number of carbonyl (C=O) groups excluding carboxylic acids is 2. The number of aryl methyl sites for hydroxylation is 2. The van der Waals surface area contributed by atoms with Crippen molar-refractivity contribution in [3.63, 3.8) is 0 Å². The van der Waals surface area contributed by atoms with Gasteiger partial charge in [0.2, 0.25) is 5.91 Å². The Balaban J connectivity index is 1.66. The van der Waals surface area contributed by atoms with Gasteiger partial charge >= 0.3 is 0 Å². The van der Waals surface area contributed by atoms with E-state index in [9.17, 15) is 9.59 Å². The number of benzene rings is 2. The molecular weight excluding hydrogens is 388 g/mol. The largest absolute Gasteiger partial charge is 0.483 e. The molecule has 31 heavy (non-hydrogen) atoms. The summed E-state index contributed by atoms with van der Waals surface area (Å²) in [5.74, 6) is 0.440. The van der Waals surface area contributed by atoms with Crippen molar-refractivity contribution in [1.82, 2.24) is 10.2 Å². The molecule has 0 aromatic heterocycles. The molecule has 2 amide bonds. The molecule has 1 saturated carbocycles. The Morgan fingerprint density at radius 1 is 1.10 bits per heavy atom. The predicted octanol–water partition coefficient (Wildman–Crippen LogP) is 4.20. The highest BCUT2D eigenvalue weighted by molar-refractivity contribution is 5.88. The van der Waals surface area contributed by atoms with Crippen LogP contribution in [-0.4, -0.2) is 41.9 Å². The molecule has 0 spiro atoms. The van der Waals surface area contributed by atoms with Crippen LogP contribution in [0, 0.1) is 13.8 Å². The van der Waals surface area contributed by atoms with Gasteiger partial charge in [-0.3, -0.25) is 9.59 Å². The zero-order valence-electron chi connectivity index (χ0n) is 18.9. The lowest BCUT2D eigenvalue weighted by Crippen LogP contribution is -2.51. The molecule has 2 aromatic carbocycles. The topological polar surface area (TPSA) is 58.6 Å². The number of amides is 2. The highest BCUT2D eigenvalue weighted by Gasteiger charge is 2.28. The predicted molar refractivity (Wildman–Crippen MR) is 123 cm³/mol. The molecule has 1 fully saturated rings. The van der Waals surface area contributed by atoms with E-state index in [4.69, 9.17) is 4.74 Å². The summed E-state index contributed by atoms with van der Waals surface area (Å²) in [4.78, 5) is 27.6. The van der Waals surface area contributed by atoms with E-state index in [1.54, 1.807) is 4.90 Å². The van der Waals surface area contributed by atoms with Gasteiger partial charge in [0.05, 0.1) is 0 Å². The Hall–Kier alpha value is -2.82. The summed E-state index contributed by atoms with van der Waals surface area (Å²) < 4.78 is 5.83. The van der Waals surface area contributed by atoms with E-state index in [1.807, 2.05) is 69.3 Å². The molecule has 1 aliphatic carbocycles. The average molecular weight is 423 g/mol. The van der Waals surface area contributed by atoms with Crippen molar-refractivity contribution in [3.05, 3.63) is 65.2 Å². The third-order valence-corrected chi connectivity index (χ3v) is 6.03. The molecular formula is C26H34N2O3. The number of hydrogen-bond acceptors (Lipinski definition) is 3. The number of carbonyl (C=O) groups is 2. The number of rotatable bonds is 9. The summed E-state index contributed by atoms with van der Waals surface area (Å²) in [5, 5.41) is 3.13. The zero-order valence-corrected chi connectivity index (χ0v) is 18.9. The van der Waals surface area contributed by atoms with Crippen LogP contribution >= 0.6 is 0 Å². The van der Waals surface area contributed by atoms with Gasteiger partial charge in [-0.2, -0.15) is 0 Å². The van der Waals surface area contributed by atoms with E-state index in [0.29, 0.717) is 18.7 Å². The van der Waals surface area contributed by atoms with Crippen LogP contribution in [0.3, 0.4) is 0 Å². The van der Waals surface area contributed by atoms with Gasteiger partial charge in [-0.25, -0.2) is 0 Å². The van der Waals surface area contributed by atoms with Crippen LogP contribution in [0.1, 0.15) is 49.3 Å². The second-order valence-electron chi connectivity index (χ2n) is 8.55.